The lowest BCUT2D eigenvalue weighted by Gasteiger charge is -2.23. The van der Waals surface area contributed by atoms with Gasteiger partial charge in [-0.05, 0) is 54.8 Å². The summed E-state index contributed by atoms with van der Waals surface area (Å²) in [4.78, 5) is 24.0. The number of aryl methyl sites for hydroxylation is 2. The predicted octanol–water partition coefficient (Wildman–Crippen LogP) is 4.61. The van der Waals surface area contributed by atoms with Crippen LogP contribution >= 0.6 is 0 Å². The molecule has 0 unspecified atom stereocenters. The molecule has 3 heterocycles. The molecule has 0 saturated heterocycles. The summed E-state index contributed by atoms with van der Waals surface area (Å²) in [5, 5.41) is 1.09. The molecular weight excluding hydrogens is 362 g/mol. The summed E-state index contributed by atoms with van der Waals surface area (Å²) < 4.78 is 5.49. The van der Waals surface area contributed by atoms with Crippen LogP contribution in [0.25, 0.3) is 10.9 Å². The maximum absolute atomic E-state index is 13.3. The van der Waals surface area contributed by atoms with Gasteiger partial charge in [0.25, 0.3) is 0 Å². The number of amides is 1. The average Bonchev–Trinajstić information content (AvgIpc) is 3.24. The minimum absolute atomic E-state index is 0.0357. The number of hydrogen-bond acceptors (Lipinski definition) is 4. The second-order valence-electron chi connectivity index (χ2n) is 7.19. The van der Waals surface area contributed by atoms with E-state index in [4.69, 9.17) is 9.40 Å². The number of rotatable bonds is 6. The molecular formula is C24H23N3O2. The molecule has 0 N–H and O–H groups in total. The Morgan fingerprint density at radius 2 is 1.90 bits per heavy atom. The quantitative estimate of drug-likeness (QED) is 0.486. The zero-order chi connectivity index (χ0) is 20.2. The van der Waals surface area contributed by atoms with Crippen molar-refractivity contribution in [3.8, 4) is 0 Å². The highest BCUT2D eigenvalue weighted by molar-refractivity contribution is 5.86. The SMILES string of the molecule is Cc1nc2ccccc2c(C)c1CC(=O)N(Cc1cccnc1)Cc1ccco1. The molecule has 29 heavy (non-hydrogen) atoms. The molecule has 0 aliphatic carbocycles. The van der Waals surface area contributed by atoms with Gasteiger partial charge in [-0.1, -0.05) is 24.3 Å². The van der Waals surface area contributed by atoms with E-state index >= 15 is 0 Å². The van der Waals surface area contributed by atoms with E-state index in [9.17, 15) is 4.79 Å². The van der Waals surface area contributed by atoms with Crippen LogP contribution in [0, 0.1) is 13.8 Å². The van der Waals surface area contributed by atoms with Crippen molar-refractivity contribution >= 4 is 16.8 Å². The Labute approximate surface area is 170 Å². The van der Waals surface area contributed by atoms with E-state index in [1.54, 1.807) is 18.7 Å². The molecule has 4 rings (SSSR count). The molecule has 0 atom stereocenters. The summed E-state index contributed by atoms with van der Waals surface area (Å²) in [7, 11) is 0. The molecule has 0 saturated carbocycles. The molecule has 0 bridgehead atoms. The van der Waals surface area contributed by atoms with Gasteiger partial charge >= 0.3 is 0 Å². The fourth-order valence-corrected chi connectivity index (χ4v) is 3.63. The van der Waals surface area contributed by atoms with Gasteiger partial charge in [-0.2, -0.15) is 0 Å². The number of carbonyl (C=O) groups excluding carboxylic acids is 1. The molecule has 0 aliphatic rings. The van der Waals surface area contributed by atoms with Gasteiger partial charge in [-0.3, -0.25) is 14.8 Å². The van der Waals surface area contributed by atoms with Crippen molar-refractivity contribution in [2.75, 3.05) is 0 Å². The van der Waals surface area contributed by atoms with E-state index in [-0.39, 0.29) is 5.91 Å². The number of fused-ring (bicyclic) bond motifs is 1. The van der Waals surface area contributed by atoms with Crippen LogP contribution < -0.4 is 0 Å². The van der Waals surface area contributed by atoms with E-state index in [1.807, 2.05) is 54.3 Å². The van der Waals surface area contributed by atoms with Gasteiger partial charge in [0.1, 0.15) is 5.76 Å². The molecule has 1 amide bonds. The van der Waals surface area contributed by atoms with Crippen molar-refractivity contribution in [1.82, 2.24) is 14.9 Å². The van der Waals surface area contributed by atoms with E-state index in [0.717, 1.165) is 39.0 Å². The van der Waals surface area contributed by atoms with Crippen molar-refractivity contribution in [3.05, 3.63) is 95.3 Å². The monoisotopic (exact) mass is 385 g/mol. The lowest BCUT2D eigenvalue weighted by atomic mass is 9.99. The normalized spacial score (nSPS) is 11.0. The van der Waals surface area contributed by atoms with E-state index in [1.165, 1.54) is 0 Å². The second-order valence-corrected chi connectivity index (χ2v) is 7.19. The van der Waals surface area contributed by atoms with Crippen LogP contribution in [-0.2, 0) is 24.3 Å². The maximum atomic E-state index is 13.3. The fourth-order valence-electron chi connectivity index (χ4n) is 3.63. The molecule has 0 spiro atoms. The first kappa shape index (κ1) is 18.9. The van der Waals surface area contributed by atoms with Crippen molar-refractivity contribution in [3.63, 3.8) is 0 Å². The lowest BCUT2D eigenvalue weighted by molar-refractivity contribution is -0.132. The fraction of sp³-hybridized carbons (Fsp3) is 0.208. The highest BCUT2D eigenvalue weighted by atomic mass is 16.3. The maximum Gasteiger partial charge on any atom is 0.227 e. The molecule has 3 aromatic heterocycles. The summed E-state index contributed by atoms with van der Waals surface area (Å²) in [6, 6.07) is 15.6. The highest BCUT2D eigenvalue weighted by Gasteiger charge is 2.20. The number of nitrogens with zero attached hydrogens (tertiary/aromatic N) is 3. The highest BCUT2D eigenvalue weighted by Crippen LogP contribution is 2.24. The number of benzene rings is 1. The summed E-state index contributed by atoms with van der Waals surface area (Å²) >= 11 is 0. The average molecular weight is 385 g/mol. The Bertz CT molecular complexity index is 1120. The number of carbonyl (C=O) groups is 1. The topological polar surface area (TPSA) is 59.2 Å². The Kier molecular flexibility index (Phi) is 5.38. The van der Waals surface area contributed by atoms with Gasteiger partial charge in [0.2, 0.25) is 5.91 Å². The molecule has 146 valence electrons. The Morgan fingerprint density at radius 1 is 1.03 bits per heavy atom. The van der Waals surface area contributed by atoms with Crippen LogP contribution in [-0.4, -0.2) is 20.8 Å². The van der Waals surface area contributed by atoms with Crippen LogP contribution in [0.2, 0.25) is 0 Å². The molecule has 5 nitrogen and oxygen atoms in total. The Hall–Kier alpha value is -3.47. The Balaban J connectivity index is 1.63. The predicted molar refractivity (Wildman–Crippen MR) is 112 cm³/mol. The van der Waals surface area contributed by atoms with E-state index in [2.05, 4.69) is 18.0 Å². The van der Waals surface area contributed by atoms with Gasteiger partial charge in [-0.25, -0.2) is 0 Å². The first-order valence-electron chi connectivity index (χ1n) is 9.65. The van der Waals surface area contributed by atoms with Gasteiger partial charge in [0.15, 0.2) is 0 Å². The zero-order valence-corrected chi connectivity index (χ0v) is 16.6. The number of pyridine rings is 2. The minimum atomic E-state index is 0.0357. The summed E-state index contributed by atoms with van der Waals surface area (Å²) in [5.41, 5.74) is 4.94. The molecule has 1 aromatic carbocycles. The molecule has 0 fully saturated rings. The Morgan fingerprint density at radius 3 is 2.66 bits per heavy atom. The third kappa shape index (κ3) is 4.19. The van der Waals surface area contributed by atoms with Crippen molar-refractivity contribution in [1.29, 1.82) is 0 Å². The van der Waals surface area contributed by atoms with Crippen LogP contribution in [0.3, 0.4) is 0 Å². The zero-order valence-electron chi connectivity index (χ0n) is 16.6. The van der Waals surface area contributed by atoms with Crippen molar-refractivity contribution < 1.29 is 9.21 Å². The van der Waals surface area contributed by atoms with Gasteiger partial charge < -0.3 is 9.32 Å². The van der Waals surface area contributed by atoms with Crippen LogP contribution in [0.4, 0.5) is 0 Å². The summed E-state index contributed by atoms with van der Waals surface area (Å²) in [6.45, 7) is 4.93. The van der Waals surface area contributed by atoms with Gasteiger partial charge in [-0.15, -0.1) is 0 Å². The lowest BCUT2D eigenvalue weighted by Crippen LogP contribution is -2.31. The number of para-hydroxylation sites is 1. The van der Waals surface area contributed by atoms with Crippen LogP contribution in [0.1, 0.15) is 28.1 Å². The summed E-state index contributed by atoms with van der Waals surface area (Å²) in [6.07, 6.45) is 5.45. The number of aromatic nitrogens is 2. The van der Waals surface area contributed by atoms with Crippen molar-refractivity contribution in [2.45, 2.75) is 33.4 Å². The standard InChI is InChI=1S/C24H23N3O2/c1-17-21-9-3-4-10-23(21)26-18(2)22(17)13-24(28)27(16-20-8-6-12-29-20)15-19-7-5-11-25-14-19/h3-12,14H,13,15-16H2,1-2H3. The molecule has 0 aliphatic heterocycles. The smallest absolute Gasteiger partial charge is 0.227 e. The molecule has 5 heteroatoms. The molecule has 0 radical (unpaired) electrons. The minimum Gasteiger partial charge on any atom is -0.467 e. The van der Waals surface area contributed by atoms with E-state index in [0.29, 0.717) is 19.5 Å². The van der Waals surface area contributed by atoms with Gasteiger partial charge in [0, 0.05) is 30.0 Å². The van der Waals surface area contributed by atoms with Crippen molar-refractivity contribution in [2.24, 2.45) is 0 Å². The first-order chi connectivity index (χ1) is 14.1. The van der Waals surface area contributed by atoms with E-state index < -0.39 is 0 Å². The summed E-state index contributed by atoms with van der Waals surface area (Å²) in [5.74, 6) is 0.792. The number of hydrogen-bond donors (Lipinski definition) is 0. The van der Waals surface area contributed by atoms with Gasteiger partial charge in [0.05, 0.1) is 24.7 Å². The van der Waals surface area contributed by atoms with Crippen LogP contribution in [0.5, 0.6) is 0 Å². The largest absolute Gasteiger partial charge is 0.467 e. The first-order valence-corrected chi connectivity index (χ1v) is 9.65. The number of furan rings is 1. The van der Waals surface area contributed by atoms with Crippen LogP contribution in [0.15, 0.2) is 71.6 Å². The third-order valence-corrected chi connectivity index (χ3v) is 5.19. The second kappa shape index (κ2) is 8.27. The third-order valence-electron chi connectivity index (χ3n) is 5.19. The molecule has 4 aromatic rings.